The van der Waals surface area contributed by atoms with Gasteiger partial charge in [0.05, 0.1) is 18.4 Å². The lowest BCUT2D eigenvalue weighted by Crippen LogP contribution is -2.38. The minimum absolute atomic E-state index is 0. The van der Waals surface area contributed by atoms with Crippen LogP contribution in [0, 0.1) is 0 Å². The third kappa shape index (κ3) is 10.8. The molecular weight excluding hydrogens is 484 g/mol. The Balaban J connectivity index is 0.00000625. The first-order chi connectivity index (χ1) is 11.6. The van der Waals surface area contributed by atoms with Gasteiger partial charge in [-0.15, -0.1) is 24.0 Å². The summed E-state index contributed by atoms with van der Waals surface area (Å²) in [6, 6.07) is 4.85. The first-order valence-corrected chi connectivity index (χ1v) is 9.64. The Bertz CT molecular complexity index is 664. The third-order valence-corrected chi connectivity index (χ3v) is 3.78. The van der Waals surface area contributed by atoms with Crippen molar-refractivity contribution in [2.45, 2.75) is 26.1 Å². The lowest BCUT2D eigenvalue weighted by Gasteiger charge is -2.11. The van der Waals surface area contributed by atoms with Crippen molar-refractivity contribution in [3.8, 4) is 0 Å². The normalized spacial score (nSPS) is 12.4. The summed E-state index contributed by atoms with van der Waals surface area (Å²) < 4.78 is 61.8. The van der Waals surface area contributed by atoms with Crippen LogP contribution in [0.5, 0.6) is 0 Å². The average molecular weight is 508 g/mol. The van der Waals surface area contributed by atoms with Gasteiger partial charge in [-0.25, -0.2) is 18.1 Å². The number of nitrogens with zero attached hydrogens (tertiary/aromatic N) is 1. The van der Waals surface area contributed by atoms with Gasteiger partial charge < -0.3 is 10.6 Å². The molecule has 0 heterocycles. The summed E-state index contributed by atoms with van der Waals surface area (Å²) in [5, 5.41) is 6.05. The molecule has 0 saturated carbocycles. The van der Waals surface area contributed by atoms with Crippen LogP contribution >= 0.6 is 24.0 Å². The minimum Gasteiger partial charge on any atom is -0.357 e. The largest absolute Gasteiger partial charge is 0.416 e. The topological polar surface area (TPSA) is 82.6 Å². The average Bonchev–Trinajstić information content (AvgIpc) is 2.50. The maximum absolute atomic E-state index is 12.5. The summed E-state index contributed by atoms with van der Waals surface area (Å²) >= 11 is 0. The van der Waals surface area contributed by atoms with Crippen LogP contribution in [0.3, 0.4) is 0 Å². The van der Waals surface area contributed by atoms with Crippen molar-refractivity contribution in [3.63, 3.8) is 0 Å². The zero-order chi connectivity index (χ0) is 18.9. The van der Waals surface area contributed by atoms with Gasteiger partial charge in [-0.1, -0.05) is 12.1 Å². The number of guanidine groups is 1. The van der Waals surface area contributed by atoms with Gasteiger partial charge in [0.15, 0.2) is 5.96 Å². The second-order valence-corrected chi connectivity index (χ2v) is 7.17. The first-order valence-electron chi connectivity index (χ1n) is 7.75. The molecule has 0 spiro atoms. The van der Waals surface area contributed by atoms with Crippen molar-refractivity contribution in [1.82, 2.24) is 15.4 Å². The van der Waals surface area contributed by atoms with Crippen molar-refractivity contribution >= 4 is 40.0 Å². The Morgan fingerprint density at radius 1 is 1.12 bits per heavy atom. The van der Waals surface area contributed by atoms with Crippen LogP contribution < -0.4 is 15.4 Å². The van der Waals surface area contributed by atoms with E-state index in [2.05, 4.69) is 20.3 Å². The fourth-order valence-corrected chi connectivity index (χ4v) is 2.38. The molecule has 26 heavy (non-hydrogen) atoms. The molecule has 0 saturated heterocycles. The number of halogens is 4. The number of hydrogen-bond acceptors (Lipinski definition) is 3. The molecular formula is C15H24F3IN4O2S. The van der Waals surface area contributed by atoms with Crippen molar-refractivity contribution < 1.29 is 21.6 Å². The van der Waals surface area contributed by atoms with Crippen LogP contribution in [-0.4, -0.2) is 40.3 Å². The van der Waals surface area contributed by atoms with E-state index in [1.165, 1.54) is 12.1 Å². The predicted molar refractivity (Wildman–Crippen MR) is 107 cm³/mol. The molecule has 0 bridgehead atoms. The number of benzene rings is 1. The summed E-state index contributed by atoms with van der Waals surface area (Å²) in [5.41, 5.74) is -0.0346. The Kier molecular flexibility index (Phi) is 11.1. The molecule has 0 aliphatic rings. The number of aliphatic imine (C=N–C) groups is 1. The van der Waals surface area contributed by atoms with E-state index in [1.54, 1.807) is 0 Å². The molecule has 1 aromatic rings. The highest BCUT2D eigenvalue weighted by molar-refractivity contribution is 14.0. The van der Waals surface area contributed by atoms with E-state index < -0.39 is 21.8 Å². The second-order valence-electron chi connectivity index (χ2n) is 5.34. The van der Waals surface area contributed by atoms with E-state index in [1.807, 2.05) is 6.92 Å². The van der Waals surface area contributed by atoms with E-state index in [4.69, 9.17) is 0 Å². The molecule has 1 aromatic carbocycles. The van der Waals surface area contributed by atoms with Crippen molar-refractivity contribution in [3.05, 3.63) is 35.4 Å². The molecule has 0 fully saturated rings. The quantitative estimate of drug-likeness (QED) is 0.218. The van der Waals surface area contributed by atoms with Crippen LogP contribution in [0.25, 0.3) is 0 Å². The van der Waals surface area contributed by atoms with Gasteiger partial charge in [0.1, 0.15) is 0 Å². The van der Waals surface area contributed by atoms with Crippen molar-refractivity contribution in [2.24, 2.45) is 4.99 Å². The van der Waals surface area contributed by atoms with Gasteiger partial charge in [0.25, 0.3) is 0 Å². The van der Waals surface area contributed by atoms with Gasteiger partial charge in [0, 0.05) is 19.6 Å². The molecule has 6 nitrogen and oxygen atoms in total. The summed E-state index contributed by atoms with van der Waals surface area (Å²) in [6.07, 6.45) is -2.69. The lowest BCUT2D eigenvalue weighted by atomic mass is 10.1. The fourth-order valence-electron chi connectivity index (χ4n) is 1.86. The number of alkyl halides is 3. The van der Waals surface area contributed by atoms with Crippen LogP contribution in [0.15, 0.2) is 29.3 Å². The highest BCUT2D eigenvalue weighted by Gasteiger charge is 2.29. The highest BCUT2D eigenvalue weighted by atomic mass is 127. The van der Waals surface area contributed by atoms with Gasteiger partial charge in [-0.2, -0.15) is 13.2 Å². The van der Waals surface area contributed by atoms with E-state index in [9.17, 15) is 21.6 Å². The number of rotatable bonds is 8. The first kappa shape index (κ1) is 24.9. The fraction of sp³-hybridized carbons (Fsp3) is 0.533. The van der Waals surface area contributed by atoms with E-state index in [0.29, 0.717) is 37.6 Å². The summed E-state index contributed by atoms with van der Waals surface area (Å²) in [5.74, 6) is 0.516. The number of nitrogens with one attached hydrogen (secondary N) is 3. The van der Waals surface area contributed by atoms with Crippen LogP contribution in [0.4, 0.5) is 13.2 Å². The molecule has 0 atom stereocenters. The van der Waals surface area contributed by atoms with Gasteiger partial charge >= 0.3 is 6.18 Å². The summed E-state index contributed by atoms with van der Waals surface area (Å²) in [7, 11) is -3.20. The number of hydrogen-bond donors (Lipinski definition) is 3. The van der Waals surface area contributed by atoms with Crippen LogP contribution in [-0.2, 0) is 22.7 Å². The zero-order valence-corrected chi connectivity index (χ0v) is 17.7. The van der Waals surface area contributed by atoms with Crippen molar-refractivity contribution in [1.29, 1.82) is 0 Å². The van der Waals surface area contributed by atoms with E-state index in [0.717, 1.165) is 18.4 Å². The maximum atomic E-state index is 12.5. The number of sulfonamides is 1. The standard InChI is InChI=1S/C15H23F3N4O2S.HI/c1-3-19-14(20-9-4-10-22-25(2,23)24)21-11-12-5-7-13(8-6-12)15(16,17)18;/h5-8,22H,3-4,9-11H2,1-2H3,(H2,19,20,21);1H. The monoisotopic (exact) mass is 508 g/mol. The van der Waals surface area contributed by atoms with Crippen LogP contribution in [0.2, 0.25) is 0 Å². The Hall–Kier alpha value is -1.08. The van der Waals surface area contributed by atoms with E-state index >= 15 is 0 Å². The molecule has 150 valence electrons. The smallest absolute Gasteiger partial charge is 0.357 e. The minimum atomic E-state index is -4.35. The molecule has 11 heteroatoms. The lowest BCUT2D eigenvalue weighted by molar-refractivity contribution is -0.137. The van der Waals surface area contributed by atoms with Gasteiger partial charge in [-0.05, 0) is 31.0 Å². The summed E-state index contributed by atoms with van der Waals surface area (Å²) in [4.78, 5) is 4.30. The molecule has 0 aliphatic heterocycles. The summed E-state index contributed by atoms with van der Waals surface area (Å²) in [6.45, 7) is 3.56. The molecule has 0 unspecified atom stereocenters. The molecule has 0 amide bonds. The second kappa shape index (κ2) is 11.6. The highest BCUT2D eigenvalue weighted by Crippen LogP contribution is 2.29. The SMILES string of the molecule is CCNC(=NCc1ccc(C(F)(F)F)cc1)NCCCNS(C)(=O)=O.I. The van der Waals surface area contributed by atoms with Gasteiger partial charge in [-0.3, -0.25) is 0 Å². The van der Waals surface area contributed by atoms with Crippen molar-refractivity contribution in [2.75, 3.05) is 25.9 Å². The van der Waals surface area contributed by atoms with Crippen LogP contribution in [0.1, 0.15) is 24.5 Å². The van der Waals surface area contributed by atoms with E-state index in [-0.39, 0.29) is 30.5 Å². The molecule has 0 radical (unpaired) electrons. The zero-order valence-electron chi connectivity index (χ0n) is 14.6. The molecule has 0 aliphatic carbocycles. The predicted octanol–water partition coefficient (Wildman–Crippen LogP) is 2.32. The van der Waals surface area contributed by atoms with Gasteiger partial charge in [0.2, 0.25) is 10.0 Å². The Morgan fingerprint density at radius 2 is 1.73 bits per heavy atom. The molecule has 0 aromatic heterocycles. The molecule has 1 rings (SSSR count). The molecule has 3 N–H and O–H groups in total. The maximum Gasteiger partial charge on any atom is 0.416 e. The third-order valence-electron chi connectivity index (χ3n) is 3.06. The Morgan fingerprint density at radius 3 is 2.23 bits per heavy atom. The Labute approximate surface area is 169 Å².